The Morgan fingerprint density at radius 1 is 1.09 bits per heavy atom. The minimum absolute atomic E-state index is 0.00892. The van der Waals surface area contributed by atoms with Crippen LogP contribution in [0.3, 0.4) is 0 Å². The Bertz CT molecular complexity index is 611. The van der Waals surface area contributed by atoms with Crippen molar-refractivity contribution in [3.8, 4) is 0 Å². The van der Waals surface area contributed by atoms with Crippen LogP contribution in [-0.2, 0) is 0 Å². The summed E-state index contributed by atoms with van der Waals surface area (Å²) < 4.78 is 9.84. The molecule has 116 valence electrons. The number of piperidine rings is 1. The highest BCUT2D eigenvalue weighted by atomic mass is 16.3. The highest BCUT2D eigenvalue weighted by Gasteiger charge is 2.24. The Kier molecular flexibility index (Phi) is 4.27. The lowest BCUT2D eigenvalue weighted by atomic mass is 9.96. The van der Waals surface area contributed by atoms with Gasteiger partial charge in [-0.3, -0.25) is 9.59 Å². The van der Waals surface area contributed by atoms with Crippen LogP contribution < -0.4 is 5.32 Å². The smallest absolute Gasteiger partial charge is 0.257 e. The van der Waals surface area contributed by atoms with E-state index >= 15 is 0 Å². The summed E-state index contributed by atoms with van der Waals surface area (Å²) in [6.07, 6.45) is 7.66. The number of furan rings is 2. The molecule has 2 aromatic heterocycles. The molecule has 1 N–H and O–H groups in total. The highest BCUT2D eigenvalue weighted by molar-refractivity contribution is 5.94. The van der Waals surface area contributed by atoms with Crippen molar-refractivity contribution in [3.05, 3.63) is 48.3 Å². The lowest BCUT2D eigenvalue weighted by Crippen LogP contribution is -2.41. The third-order valence-corrected chi connectivity index (χ3v) is 4.00. The number of hydrogen-bond acceptors (Lipinski definition) is 4. The first-order valence-corrected chi connectivity index (χ1v) is 7.36. The van der Waals surface area contributed by atoms with Crippen LogP contribution in [0.5, 0.6) is 0 Å². The predicted molar refractivity (Wildman–Crippen MR) is 78.4 cm³/mol. The van der Waals surface area contributed by atoms with Crippen LogP contribution in [0.2, 0.25) is 0 Å². The van der Waals surface area contributed by atoms with E-state index in [4.69, 9.17) is 8.83 Å². The Morgan fingerprint density at radius 3 is 2.32 bits per heavy atom. The maximum absolute atomic E-state index is 12.2. The Labute approximate surface area is 128 Å². The van der Waals surface area contributed by atoms with Gasteiger partial charge >= 0.3 is 0 Å². The molecule has 3 heterocycles. The molecule has 0 atom stereocenters. The van der Waals surface area contributed by atoms with Gasteiger partial charge in [-0.25, -0.2) is 0 Å². The third kappa shape index (κ3) is 3.21. The van der Waals surface area contributed by atoms with Gasteiger partial charge in [0.1, 0.15) is 12.5 Å². The second-order valence-electron chi connectivity index (χ2n) is 5.47. The minimum Gasteiger partial charge on any atom is -0.472 e. The molecule has 22 heavy (non-hydrogen) atoms. The van der Waals surface area contributed by atoms with Gasteiger partial charge in [-0.05, 0) is 30.9 Å². The fraction of sp³-hybridized carbons (Fsp3) is 0.375. The fourth-order valence-corrected chi connectivity index (χ4v) is 2.64. The second-order valence-corrected chi connectivity index (χ2v) is 5.47. The average molecular weight is 302 g/mol. The zero-order valence-corrected chi connectivity index (χ0v) is 12.2. The van der Waals surface area contributed by atoms with Gasteiger partial charge in [-0.2, -0.15) is 0 Å². The molecule has 3 rings (SSSR count). The maximum Gasteiger partial charge on any atom is 0.257 e. The summed E-state index contributed by atoms with van der Waals surface area (Å²) in [4.78, 5) is 25.8. The molecule has 0 unspecified atom stereocenters. The first-order chi connectivity index (χ1) is 10.7. The van der Waals surface area contributed by atoms with Crippen LogP contribution in [-0.4, -0.2) is 36.3 Å². The molecule has 1 saturated heterocycles. The number of carbonyl (C=O) groups excluding carboxylic acids is 2. The van der Waals surface area contributed by atoms with Crippen LogP contribution in [0.25, 0.3) is 0 Å². The van der Waals surface area contributed by atoms with Gasteiger partial charge in [0.15, 0.2) is 0 Å². The number of rotatable bonds is 4. The first-order valence-electron chi connectivity index (χ1n) is 7.36. The summed E-state index contributed by atoms with van der Waals surface area (Å²) in [7, 11) is 0. The van der Waals surface area contributed by atoms with E-state index in [9.17, 15) is 9.59 Å². The lowest BCUT2D eigenvalue weighted by Gasteiger charge is -2.31. The fourth-order valence-electron chi connectivity index (χ4n) is 2.64. The predicted octanol–water partition coefficient (Wildman–Crippen LogP) is 2.15. The monoisotopic (exact) mass is 302 g/mol. The molecule has 0 bridgehead atoms. The van der Waals surface area contributed by atoms with Crippen LogP contribution in [0.15, 0.2) is 46.0 Å². The van der Waals surface area contributed by atoms with Gasteiger partial charge in [-0.1, -0.05) is 0 Å². The summed E-state index contributed by atoms with van der Waals surface area (Å²) in [6.45, 7) is 2.03. The van der Waals surface area contributed by atoms with Gasteiger partial charge < -0.3 is 19.1 Å². The van der Waals surface area contributed by atoms with Gasteiger partial charge in [0.25, 0.3) is 11.8 Å². The molecule has 1 fully saturated rings. The molecule has 6 heteroatoms. The van der Waals surface area contributed by atoms with E-state index in [1.54, 1.807) is 12.1 Å². The van der Waals surface area contributed by atoms with E-state index in [2.05, 4.69) is 5.32 Å². The Hall–Kier alpha value is -2.50. The standard InChI is InChI=1S/C16H18N2O4/c19-15(13-3-7-21-10-13)17-9-12-1-5-18(6-2-12)16(20)14-4-8-22-11-14/h3-4,7-8,10-12H,1-2,5-6,9H2,(H,17,19). The van der Waals surface area contributed by atoms with Crippen LogP contribution in [0.1, 0.15) is 33.6 Å². The van der Waals surface area contributed by atoms with E-state index in [-0.39, 0.29) is 11.8 Å². The molecule has 0 saturated carbocycles. The summed E-state index contributed by atoms with van der Waals surface area (Å²) >= 11 is 0. The molecule has 2 aromatic rings. The first kappa shape index (κ1) is 14.4. The molecule has 0 spiro atoms. The van der Waals surface area contributed by atoms with Crippen molar-refractivity contribution in [2.45, 2.75) is 12.8 Å². The van der Waals surface area contributed by atoms with Crippen molar-refractivity contribution in [1.82, 2.24) is 10.2 Å². The molecule has 6 nitrogen and oxygen atoms in total. The number of nitrogens with zero attached hydrogens (tertiary/aromatic N) is 1. The summed E-state index contributed by atoms with van der Waals surface area (Å²) in [5, 5.41) is 2.91. The zero-order valence-electron chi connectivity index (χ0n) is 12.2. The maximum atomic E-state index is 12.2. The molecular formula is C16H18N2O4. The van der Waals surface area contributed by atoms with E-state index in [1.165, 1.54) is 25.1 Å². The summed E-state index contributed by atoms with van der Waals surface area (Å²) in [5.41, 5.74) is 1.12. The lowest BCUT2D eigenvalue weighted by molar-refractivity contribution is 0.0683. The molecule has 1 aliphatic heterocycles. The number of carbonyl (C=O) groups is 2. The van der Waals surface area contributed by atoms with E-state index in [0.29, 0.717) is 36.7 Å². The van der Waals surface area contributed by atoms with Crippen molar-refractivity contribution < 1.29 is 18.4 Å². The van der Waals surface area contributed by atoms with Crippen LogP contribution in [0.4, 0.5) is 0 Å². The second kappa shape index (κ2) is 6.51. The van der Waals surface area contributed by atoms with Crippen LogP contribution in [0, 0.1) is 5.92 Å². The van der Waals surface area contributed by atoms with Crippen molar-refractivity contribution >= 4 is 11.8 Å². The zero-order chi connectivity index (χ0) is 15.4. The topological polar surface area (TPSA) is 75.7 Å². The third-order valence-electron chi connectivity index (χ3n) is 4.00. The largest absolute Gasteiger partial charge is 0.472 e. The molecule has 1 aliphatic rings. The summed E-state index contributed by atoms with van der Waals surface area (Å²) in [6, 6.07) is 3.32. The number of nitrogens with one attached hydrogen (secondary N) is 1. The average Bonchev–Trinajstić information content (AvgIpc) is 3.25. The van der Waals surface area contributed by atoms with Crippen molar-refractivity contribution in [2.24, 2.45) is 5.92 Å². The van der Waals surface area contributed by atoms with E-state index in [1.807, 2.05) is 4.90 Å². The quantitative estimate of drug-likeness (QED) is 0.939. The van der Waals surface area contributed by atoms with Gasteiger partial charge in [0.05, 0.1) is 23.7 Å². The normalized spacial score (nSPS) is 15.7. The molecule has 0 radical (unpaired) electrons. The number of hydrogen-bond donors (Lipinski definition) is 1. The van der Waals surface area contributed by atoms with Crippen molar-refractivity contribution in [1.29, 1.82) is 0 Å². The Balaban J connectivity index is 1.44. The van der Waals surface area contributed by atoms with Crippen molar-refractivity contribution in [3.63, 3.8) is 0 Å². The van der Waals surface area contributed by atoms with E-state index in [0.717, 1.165) is 12.8 Å². The number of amides is 2. The van der Waals surface area contributed by atoms with Gasteiger partial charge in [-0.15, -0.1) is 0 Å². The van der Waals surface area contributed by atoms with Crippen molar-refractivity contribution in [2.75, 3.05) is 19.6 Å². The van der Waals surface area contributed by atoms with Gasteiger partial charge in [0, 0.05) is 19.6 Å². The molecule has 2 amide bonds. The SMILES string of the molecule is O=C(NCC1CCN(C(=O)c2ccoc2)CC1)c1ccoc1. The molecule has 0 aromatic carbocycles. The minimum atomic E-state index is -0.120. The molecular weight excluding hydrogens is 284 g/mol. The highest BCUT2D eigenvalue weighted by Crippen LogP contribution is 2.18. The van der Waals surface area contributed by atoms with Crippen LogP contribution >= 0.6 is 0 Å². The Morgan fingerprint density at radius 2 is 1.73 bits per heavy atom. The van der Waals surface area contributed by atoms with E-state index < -0.39 is 0 Å². The van der Waals surface area contributed by atoms with Gasteiger partial charge in [0.2, 0.25) is 0 Å². The molecule has 0 aliphatic carbocycles. The number of likely N-dealkylation sites (tertiary alicyclic amines) is 1. The summed E-state index contributed by atoms with van der Waals surface area (Å²) in [5.74, 6) is 0.282.